The van der Waals surface area contributed by atoms with E-state index in [1.54, 1.807) is 0 Å². The fourth-order valence-electron chi connectivity index (χ4n) is 2.80. The lowest BCUT2D eigenvalue weighted by molar-refractivity contribution is -0.122. The van der Waals surface area contributed by atoms with Crippen LogP contribution in [0.15, 0.2) is 24.3 Å². The zero-order valence-electron chi connectivity index (χ0n) is 14.2. The molecule has 0 bridgehead atoms. The van der Waals surface area contributed by atoms with Crippen LogP contribution in [0.2, 0.25) is 0 Å². The van der Waals surface area contributed by atoms with E-state index in [1.165, 1.54) is 11.1 Å². The van der Waals surface area contributed by atoms with E-state index in [-0.39, 0.29) is 42.3 Å². The summed E-state index contributed by atoms with van der Waals surface area (Å²) in [4.78, 5) is 14.2. The van der Waals surface area contributed by atoms with Gasteiger partial charge in [-0.25, -0.2) is 0 Å². The number of nitrogens with two attached hydrogens (primary N) is 1. The van der Waals surface area contributed by atoms with Crippen LogP contribution in [0.5, 0.6) is 0 Å². The van der Waals surface area contributed by atoms with Crippen molar-refractivity contribution in [3.8, 4) is 0 Å². The number of halogens is 2. The minimum absolute atomic E-state index is 0. The van der Waals surface area contributed by atoms with E-state index in [0.717, 1.165) is 19.5 Å². The first-order valence-corrected chi connectivity index (χ1v) is 7.72. The Bertz CT molecular complexity index is 506. The van der Waals surface area contributed by atoms with Gasteiger partial charge in [-0.05, 0) is 38.3 Å². The van der Waals surface area contributed by atoms with Crippen molar-refractivity contribution in [1.82, 2.24) is 10.2 Å². The molecule has 3 N–H and O–H groups in total. The molecule has 0 radical (unpaired) electrons. The summed E-state index contributed by atoms with van der Waals surface area (Å²) in [7, 11) is 0. The van der Waals surface area contributed by atoms with Crippen LogP contribution in [0.25, 0.3) is 0 Å². The average molecular weight is 362 g/mol. The SMILES string of the molecule is CC(N)CC(=O)NCC(C)(C)N1CCc2ccccc2C1.Cl.Cl. The van der Waals surface area contributed by atoms with E-state index in [4.69, 9.17) is 5.73 Å². The van der Waals surface area contributed by atoms with Gasteiger partial charge in [0, 0.05) is 37.6 Å². The Morgan fingerprint density at radius 3 is 2.52 bits per heavy atom. The van der Waals surface area contributed by atoms with Crippen LogP contribution in [0, 0.1) is 0 Å². The zero-order chi connectivity index (χ0) is 15.5. The fourth-order valence-corrected chi connectivity index (χ4v) is 2.80. The third-order valence-corrected chi connectivity index (χ3v) is 4.21. The monoisotopic (exact) mass is 361 g/mol. The molecule has 0 saturated heterocycles. The third-order valence-electron chi connectivity index (χ3n) is 4.21. The van der Waals surface area contributed by atoms with Crippen LogP contribution in [0.4, 0.5) is 0 Å². The fraction of sp³-hybridized carbons (Fsp3) is 0.588. The van der Waals surface area contributed by atoms with E-state index < -0.39 is 0 Å². The van der Waals surface area contributed by atoms with Crippen LogP contribution >= 0.6 is 24.8 Å². The van der Waals surface area contributed by atoms with E-state index in [9.17, 15) is 4.79 Å². The van der Waals surface area contributed by atoms with Gasteiger partial charge in [-0.1, -0.05) is 24.3 Å². The number of hydrogen-bond acceptors (Lipinski definition) is 3. The van der Waals surface area contributed by atoms with E-state index in [1.807, 2.05) is 6.92 Å². The van der Waals surface area contributed by atoms with Gasteiger partial charge in [0.05, 0.1) is 0 Å². The van der Waals surface area contributed by atoms with Crippen molar-refractivity contribution in [1.29, 1.82) is 0 Å². The van der Waals surface area contributed by atoms with Gasteiger partial charge in [-0.3, -0.25) is 9.69 Å². The molecule has 0 saturated carbocycles. The number of rotatable bonds is 5. The highest BCUT2D eigenvalue weighted by Crippen LogP contribution is 2.24. The largest absolute Gasteiger partial charge is 0.354 e. The number of hydrogen-bond donors (Lipinski definition) is 2. The molecule has 1 unspecified atom stereocenters. The quantitative estimate of drug-likeness (QED) is 0.846. The molecule has 2 rings (SSSR count). The molecule has 4 nitrogen and oxygen atoms in total. The first kappa shape index (κ1) is 22.2. The molecule has 23 heavy (non-hydrogen) atoms. The maximum absolute atomic E-state index is 11.8. The Labute approximate surface area is 152 Å². The van der Waals surface area contributed by atoms with Crippen molar-refractivity contribution in [2.75, 3.05) is 13.1 Å². The minimum atomic E-state index is -0.0880. The average Bonchev–Trinajstić information content (AvgIpc) is 2.44. The van der Waals surface area contributed by atoms with Gasteiger partial charge in [-0.2, -0.15) is 0 Å². The molecule has 1 aliphatic rings. The first-order chi connectivity index (χ1) is 9.88. The number of nitrogens with zero attached hydrogens (tertiary/aromatic N) is 1. The van der Waals surface area contributed by atoms with Crippen molar-refractivity contribution >= 4 is 30.7 Å². The highest BCUT2D eigenvalue weighted by molar-refractivity contribution is 5.85. The van der Waals surface area contributed by atoms with Crippen molar-refractivity contribution in [2.45, 2.75) is 51.7 Å². The molecule has 1 aliphatic heterocycles. The van der Waals surface area contributed by atoms with Crippen LogP contribution in [0.1, 0.15) is 38.3 Å². The van der Waals surface area contributed by atoms with Crippen molar-refractivity contribution in [3.63, 3.8) is 0 Å². The Balaban J connectivity index is 0.00000242. The predicted octanol–water partition coefficient (Wildman–Crippen LogP) is 2.52. The van der Waals surface area contributed by atoms with Crippen molar-refractivity contribution in [2.24, 2.45) is 5.73 Å². The standard InChI is InChI=1S/C17H27N3O.2ClH/c1-13(18)10-16(21)19-12-17(2,3)20-9-8-14-6-4-5-7-15(14)11-20;;/h4-7,13H,8-12,18H2,1-3H3,(H,19,21);2*1H. The smallest absolute Gasteiger partial charge is 0.221 e. The van der Waals surface area contributed by atoms with Crippen molar-refractivity contribution < 1.29 is 4.79 Å². The Morgan fingerprint density at radius 1 is 1.30 bits per heavy atom. The molecule has 6 heteroatoms. The summed E-state index contributed by atoms with van der Waals surface area (Å²) in [6, 6.07) is 8.53. The lowest BCUT2D eigenvalue weighted by Gasteiger charge is -2.41. The number of nitrogens with one attached hydrogen (secondary N) is 1. The highest BCUT2D eigenvalue weighted by Gasteiger charge is 2.30. The molecular formula is C17H29Cl2N3O. The topological polar surface area (TPSA) is 58.4 Å². The molecule has 0 fully saturated rings. The number of carbonyl (C=O) groups excluding carboxylic acids is 1. The van der Waals surface area contributed by atoms with Gasteiger partial charge in [-0.15, -0.1) is 24.8 Å². The third kappa shape index (κ3) is 6.30. The van der Waals surface area contributed by atoms with Crippen LogP contribution in [-0.2, 0) is 17.8 Å². The Morgan fingerprint density at radius 2 is 1.91 bits per heavy atom. The second-order valence-electron chi connectivity index (χ2n) is 6.71. The lowest BCUT2D eigenvalue weighted by atomic mass is 9.94. The summed E-state index contributed by atoms with van der Waals surface area (Å²) in [5.41, 5.74) is 8.45. The number of amides is 1. The summed E-state index contributed by atoms with van der Waals surface area (Å²) in [6.45, 7) is 8.87. The lowest BCUT2D eigenvalue weighted by Crippen LogP contribution is -2.53. The Hall–Kier alpha value is -0.810. The molecule has 132 valence electrons. The normalized spacial score (nSPS) is 15.7. The van der Waals surface area contributed by atoms with E-state index >= 15 is 0 Å². The molecule has 1 amide bonds. The second-order valence-corrected chi connectivity index (χ2v) is 6.71. The molecule has 0 aliphatic carbocycles. The van der Waals surface area contributed by atoms with Gasteiger partial charge in [0.25, 0.3) is 0 Å². The second kappa shape index (κ2) is 9.48. The van der Waals surface area contributed by atoms with Crippen LogP contribution in [0.3, 0.4) is 0 Å². The van der Waals surface area contributed by atoms with Crippen molar-refractivity contribution in [3.05, 3.63) is 35.4 Å². The molecule has 1 heterocycles. The minimum Gasteiger partial charge on any atom is -0.354 e. The summed E-state index contributed by atoms with van der Waals surface area (Å²) in [6.07, 6.45) is 1.46. The zero-order valence-corrected chi connectivity index (χ0v) is 15.8. The molecule has 0 spiro atoms. The van der Waals surface area contributed by atoms with Gasteiger partial charge in [0.2, 0.25) is 5.91 Å². The summed E-state index contributed by atoms with van der Waals surface area (Å²) >= 11 is 0. The van der Waals surface area contributed by atoms with Gasteiger partial charge < -0.3 is 11.1 Å². The molecule has 1 atom stereocenters. The first-order valence-electron chi connectivity index (χ1n) is 7.72. The molecule has 1 aromatic rings. The highest BCUT2D eigenvalue weighted by atomic mass is 35.5. The van der Waals surface area contributed by atoms with Gasteiger partial charge >= 0.3 is 0 Å². The summed E-state index contributed by atoms with van der Waals surface area (Å²) in [5, 5.41) is 3.01. The molecule has 0 aromatic heterocycles. The number of benzene rings is 1. The maximum atomic E-state index is 11.8. The van der Waals surface area contributed by atoms with Crippen LogP contribution < -0.4 is 11.1 Å². The Kier molecular flexibility index (Phi) is 9.14. The van der Waals surface area contributed by atoms with Crippen LogP contribution in [-0.4, -0.2) is 35.5 Å². The van der Waals surface area contributed by atoms with E-state index in [2.05, 4.69) is 48.3 Å². The summed E-state index contributed by atoms with van der Waals surface area (Å²) < 4.78 is 0. The maximum Gasteiger partial charge on any atom is 0.221 e. The number of carbonyl (C=O) groups is 1. The van der Waals surface area contributed by atoms with Gasteiger partial charge in [0.1, 0.15) is 0 Å². The van der Waals surface area contributed by atoms with E-state index in [0.29, 0.717) is 13.0 Å². The molecule has 1 aromatic carbocycles. The predicted molar refractivity (Wildman–Crippen MR) is 100 cm³/mol. The van der Waals surface area contributed by atoms with Gasteiger partial charge in [0.15, 0.2) is 0 Å². The summed E-state index contributed by atoms with van der Waals surface area (Å²) in [5.74, 6) is 0.0375. The number of fused-ring (bicyclic) bond motifs is 1. The molecular weight excluding hydrogens is 333 g/mol.